The van der Waals surface area contributed by atoms with Gasteiger partial charge in [0.15, 0.2) is 5.76 Å². The molecule has 0 bridgehead atoms. The fourth-order valence-electron chi connectivity index (χ4n) is 2.60. The summed E-state index contributed by atoms with van der Waals surface area (Å²) < 4.78 is 5.08. The Morgan fingerprint density at radius 3 is 2.17 bits per heavy atom. The Kier molecular flexibility index (Phi) is 4.08. The SMILES string of the molecule is COc1ccc(C2=C(O)C(=O)N(Cc3ccc(C)cc3)C2=O)cc1. The van der Waals surface area contributed by atoms with Crippen LogP contribution in [0.4, 0.5) is 0 Å². The molecule has 0 aromatic heterocycles. The second-order valence-electron chi connectivity index (χ2n) is 5.63. The van der Waals surface area contributed by atoms with Gasteiger partial charge in [0, 0.05) is 0 Å². The highest BCUT2D eigenvalue weighted by Gasteiger charge is 2.39. The van der Waals surface area contributed by atoms with E-state index in [9.17, 15) is 14.7 Å². The lowest BCUT2D eigenvalue weighted by atomic mass is 10.1. The molecule has 2 aromatic rings. The van der Waals surface area contributed by atoms with Crippen molar-refractivity contribution >= 4 is 17.4 Å². The zero-order valence-corrected chi connectivity index (χ0v) is 13.4. The average Bonchev–Trinajstić information content (AvgIpc) is 2.80. The molecule has 5 nitrogen and oxygen atoms in total. The van der Waals surface area contributed by atoms with E-state index in [1.165, 1.54) is 0 Å². The highest BCUT2D eigenvalue weighted by Crippen LogP contribution is 2.30. The van der Waals surface area contributed by atoms with Crippen LogP contribution in [0.3, 0.4) is 0 Å². The third-order valence-corrected chi connectivity index (χ3v) is 3.98. The molecule has 1 N–H and O–H groups in total. The number of methoxy groups -OCH3 is 1. The summed E-state index contributed by atoms with van der Waals surface area (Å²) in [7, 11) is 1.54. The van der Waals surface area contributed by atoms with Gasteiger partial charge in [0.05, 0.1) is 19.2 Å². The highest BCUT2D eigenvalue weighted by molar-refractivity contribution is 6.34. The van der Waals surface area contributed by atoms with Crippen LogP contribution in [0.1, 0.15) is 16.7 Å². The van der Waals surface area contributed by atoms with Gasteiger partial charge in [0.1, 0.15) is 5.75 Å². The first-order chi connectivity index (χ1) is 11.5. The maximum absolute atomic E-state index is 12.6. The molecule has 0 saturated carbocycles. The molecule has 2 aromatic carbocycles. The van der Waals surface area contributed by atoms with E-state index >= 15 is 0 Å². The predicted octanol–water partition coefficient (Wildman–Crippen LogP) is 2.84. The molecule has 3 rings (SSSR count). The third-order valence-electron chi connectivity index (χ3n) is 3.98. The lowest BCUT2D eigenvalue weighted by molar-refractivity contribution is -0.138. The zero-order chi connectivity index (χ0) is 17.3. The Labute approximate surface area is 139 Å². The fourth-order valence-corrected chi connectivity index (χ4v) is 2.60. The van der Waals surface area contributed by atoms with Gasteiger partial charge >= 0.3 is 0 Å². The lowest BCUT2D eigenvalue weighted by Crippen LogP contribution is -2.31. The maximum Gasteiger partial charge on any atom is 0.296 e. The molecule has 0 saturated heterocycles. The topological polar surface area (TPSA) is 66.8 Å². The molecule has 0 aliphatic carbocycles. The minimum absolute atomic E-state index is 0.0229. The summed E-state index contributed by atoms with van der Waals surface area (Å²) in [4.78, 5) is 25.9. The van der Waals surface area contributed by atoms with Gasteiger partial charge in [-0.3, -0.25) is 14.5 Å². The molecule has 1 aliphatic rings. The molecular weight excluding hydrogens is 306 g/mol. The van der Waals surface area contributed by atoms with Gasteiger partial charge in [-0.15, -0.1) is 0 Å². The number of carbonyl (C=O) groups is 2. The standard InChI is InChI=1S/C19H17NO4/c1-12-3-5-13(6-4-12)11-20-18(22)16(17(21)19(20)23)14-7-9-15(24-2)10-8-14/h3-10,21H,11H2,1-2H3. The maximum atomic E-state index is 12.6. The Balaban J connectivity index is 1.87. The fraction of sp³-hybridized carbons (Fsp3) is 0.158. The number of carbonyl (C=O) groups excluding carboxylic acids is 2. The molecule has 1 heterocycles. The second kappa shape index (κ2) is 6.20. The number of hydrogen-bond acceptors (Lipinski definition) is 4. The molecule has 5 heteroatoms. The number of rotatable bonds is 4. The first kappa shape index (κ1) is 15.8. The number of hydrogen-bond donors (Lipinski definition) is 1. The molecule has 122 valence electrons. The van der Waals surface area contributed by atoms with Crippen LogP contribution in [-0.2, 0) is 16.1 Å². The Morgan fingerprint density at radius 1 is 0.958 bits per heavy atom. The van der Waals surface area contributed by atoms with Crippen molar-refractivity contribution in [2.24, 2.45) is 0 Å². The van der Waals surface area contributed by atoms with E-state index < -0.39 is 17.6 Å². The van der Waals surface area contributed by atoms with Crippen LogP contribution in [0.25, 0.3) is 5.57 Å². The number of amides is 2. The normalized spacial score (nSPS) is 14.5. The summed E-state index contributed by atoms with van der Waals surface area (Å²) in [5.74, 6) is -1.06. The van der Waals surface area contributed by atoms with Crippen LogP contribution in [0.15, 0.2) is 54.3 Å². The smallest absolute Gasteiger partial charge is 0.296 e. The van der Waals surface area contributed by atoms with Gasteiger partial charge < -0.3 is 9.84 Å². The summed E-state index contributed by atoms with van der Waals surface area (Å²) in [6.45, 7) is 2.09. The van der Waals surface area contributed by atoms with Crippen molar-refractivity contribution in [1.29, 1.82) is 0 Å². The van der Waals surface area contributed by atoms with E-state index in [2.05, 4.69) is 0 Å². The van der Waals surface area contributed by atoms with Gasteiger partial charge in [0.25, 0.3) is 11.8 Å². The molecule has 1 aliphatic heterocycles. The van der Waals surface area contributed by atoms with E-state index in [4.69, 9.17) is 4.74 Å². The summed E-state index contributed by atoms with van der Waals surface area (Å²) in [6.07, 6.45) is 0. The van der Waals surface area contributed by atoms with E-state index in [1.807, 2.05) is 31.2 Å². The Bertz CT molecular complexity index is 819. The number of ether oxygens (including phenoxy) is 1. The van der Waals surface area contributed by atoms with Crippen LogP contribution in [0, 0.1) is 6.92 Å². The van der Waals surface area contributed by atoms with Crippen molar-refractivity contribution in [3.63, 3.8) is 0 Å². The van der Waals surface area contributed by atoms with Crippen LogP contribution in [0.5, 0.6) is 5.75 Å². The number of imide groups is 1. The van der Waals surface area contributed by atoms with E-state index in [-0.39, 0.29) is 12.1 Å². The van der Waals surface area contributed by atoms with Crippen molar-refractivity contribution in [3.05, 3.63) is 71.0 Å². The third kappa shape index (κ3) is 2.76. The van der Waals surface area contributed by atoms with Crippen LogP contribution in [0.2, 0.25) is 0 Å². The van der Waals surface area contributed by atoms with Crippen molar-refractivity contribution in [2.75, 3.05) is 7.11 Å². The first-order valence-electron chi connectivity index (χ1n) is 7.50. The van der Waals surface area contributed by atoms with Crippen molar-refractivity contribution in [2.45, 2.75) is 13.5 Å². The molecule has 0 unspecified atom stereocenters. The van der Waals surface area contributed by atoms with E-state index in [0.717, 1.165) is 16.0 Å². The number of aliphatic hydroxyl groups excluding tert-OH is 1. The average molecular weight is 323 g/mol. The van der Waals surface area contributed by atoms with Crippen molar-refractivity contribution < 1.29 is 19.4 Å². The molecule has 0 atom stereocenters. The number of nitrogens with zero attached hydrogens (tertiary/aromatic N) is 1. The van der Waals surface area contributed by atoms with Gasteiger partial charge in [-0.25, -0.2) is 0 Å². The number of aliphatic hydroxyl groups is 1. The summed E-state index contributed by atoms with van der Waals surface area (Å²) in [5.41, 5.74) is 2.43. The van der Waals surface area contributed by atoms with Crippen molar-refractivity contribution in [1.82, 2.24) is 4.90 Å². The second-order valence-corrected chi connectivity index (χ2v) is 5.63. The molecule has 24 heavy (non-hydrogen) atoms. The zero-order valence-electron chi connectivity index (χ0n) is 13.4. The minimum atomic E-state index is -0.675. The minimum Gasteiger partial charge on any atom is -0.502 e. The predicted molar refractivity (Wildman–Crippen MR) is 89.3 cm³/mol. The van der Waals surface area contributed by atoms with Gasteiger partial charge in [0.2, 0.25) is 0 Å². The van der Waals surface area contributed by atoms with Gasteiger partial charge in [-0.05, 0) is 30.2 Å². The largest absolute Gasteiger partial charge is 0.502 e. The van der Waals surface area contributed by atoms with E-state index in [1.54, 1.807) is 31.4 Å². The van der Waals surface area contributed by atoms with Crippen LogP contribution < -0.4 is 4.74 Å². The molecule has 0 fully saturated rings. The Morgan fingerprint density at radius 2 is 1.58 bits per heavy atom. The van der Waals surface area contributed by atoms with Gasteiger partial charge in [-0.2, -0.15) is 0 Å². The highest BCUT2D eigenvalue weighted by atomic mass is 16.5. The quantitative estimate of drug-likeness (QED) is 0.879. The van der Waals surface area contributed by atoms with Gasteiger partial charge in [-0.1, -0.05) is 42.0 Å². The van der Waals surface area contributed by atoms with E-state index in [0.29, 0.717) is 11.3 Å². The van der Waals surface area contributed by atoms with Crippen LogP contribution in [-0.4, -0.2) is 28.9 Å². The number of benzene rings is 2. The molecule has 2 amide bonds. The first-order valence-corrected chi connectivity index (χ1v) is 7.50. The Hall–Kier alpha value is -3.08. The number of aryl methyl sites for hydroxylation is 1. The molecular formula is C19H17NO4. The summed E-state index contributed by atoms with van der Waals surface area (Å²) in [5, 5.41) is 10.1. The van der Waals surface area contributed by atoms with Crippen LogP contribution >= 0.6 is 0 Å². The summed E-state index contributed by atoms with van der Waals surface area (Å²) in [6, 6.07) is 14.2. The lowest BCUT2D eigenvalue weighted by Gasteiger charge is -2.14. The molecule has 0 spiro atoms. The summed E-state index contributed by atoms with van der Waals surface area (Å²) >= 11 is 0. The van der Waals surface area contributed by atoms with Crippen molar-refractivity contribution in [3.8, 4) is 5.75 Å². The molecule has 0 radical (unpaired) electrons. The monoisotopic (exact) mass is 323 g/mol.